The topological polar surface area (TPSA) is 32.3 Å². The third kappa shape index (κ3) is 2.79. The highest BCUT2D eigenvalue weighted by atomic mass is 19.1. The number of carbonyl (C=O) groups is 1. The molecule has 0 saturated carbocycles. The summed E-state index contributed by atoms with van der Waals surface area (Å²) in [6.07, 6.45) is 3.18. The number of anilines is 1. The van der Waals surface area contributed by atoms with Crippen LogP contribution in [0.5, 0.6) is 0 Å². The van der Waals surface area contributed by atoms with E-state index in [-0.39, 0.29) is 23.8 Å². The summed E-state index contributed by atoms with van der Waals surface area (Å²) in [4.78, 5) is 14.7. The van der Waals surface area contributed by atoms with Gasteiger partial charge in [-0.2, -0.15) is 0 Å². The van der Waals surface area contributed by atoms with Crippen LogP contribution in [0.4, 0.5) is 10.1 Å². The molecule has 0 radical (unpaired) electrons. The zero-order chi connectivity index (χ0) is 14.7. The first kappa shape index (κ1) is 14.8. The summed E-state index contributed by atoms with van der Waals surface area (Å²) in [5.74, 6) is -0.435. The van der Waals surface area contributed by atoms with Crippen LogP contribution in [0.3, 0.4) is 0 Å². The number of carbonyl (C=O) groups excluding carboxylic acids is 1. The Hall–Kier alpha value is -1.58. The summed E-state index contributed by atoms with van der Waals surface area (Å²) in [7, 11) is 0. The third-order valence-electron chi connectivity index (χ3n) is 4.03. The lowest BCUT2D eigenvalue weighted by Crippen LogP contribution is -2.47. The second kappa shape index (κ2) is 6.25. The first-order valence-electron chi connectivity index (χ1n) is 7.41. The number of piperidine rings is 1. The van der Waals surface area contributed by atoms with Crippen LogP contribution in [0.2, 0.25) is 0 Å². The molecule has 1 aliphatic rings. The molecule has 1 N–H and O–H groups in total. The van der Waals surface area contributed by atoms with E-state index in [4.69, 9.17) is 0 Å². The van der Waals surface area contributed by atoms with Crippen molar-refractivity contribution in [2.75, 3.05) is 11.9 Å². The van der Waals surface area contributed by atoms with E-state index in [2.05, 4.69) is 19.2 Å². The van der Waals surface area contributed by atoms with Crippen LogP contribution in [0.15, 0.2) is 18.2 Å². The summed E-state index contributed by atoms with van der Waals surface area (Å²) in [6.45, 7) is 6.62. The van der Waals surface area contributed by atoms with E-state index in [1.807, 2.05) is 11.8 Å². The van der Waals surface area contributed by atoms with Crippen LogP contribution in [-0.2, 0) is 0 Å². The standard InChI is InChI=1S/C16H23FN2O/c1-4-18-15-13(9-6-10-14(15)17)16(20)19-11(2)7-5-8-12(19)3/h6,9-12,18H,4-5,7-8H2,1-3H3. The van der Waals surface area contributed by atoms with Gasteiger partial charge in [0.1, 0.15) is 5.82 Å². The molecule has 0 aliphatic carbocycles. The smallest absolute Gasteiger partial charge is 0.256 e. The van der Waals surface area contributed by atoms with Gasteiger partial charge in [-0.15, -0.1) is 0 Å². The normalized spacial score (nSPS) is 22.7. The summed E-state index contributed by atoms with van der Waals surface area (Å²) in [6, 6.07) is 5.12. The van der Waals surface area contributed by atoms with Crippen molar-refractivity contribution in [3.8, 4) is 0 Å². The van der Waals surface area contributed by atoms with Crippen molar-refractivity contribution < 1.29 is 9.18 Å². The third-order valence-corrected chi connectivity index (χ3v) is 4.03. The molecule has 1 amide bonds. The summed E-state index contributed by atoms with van der Waals surface area (Å²) in [5, 5.41) is 2.97. The molecule has 1 aliphatic heterocycles. The van der Waals surface area contributed by atoms with Crippen molar-refractivity contribution in [2.24, 2.45) is 0 Å². The monoisotopic (exact) mass is 278 g/mol. The van der Waals surface area contributed by atoms with E-state index < -0.39 is 0 Å². The van der Waals surface area contributed by atoms with Crippen LogP contribution < -0.4 is 5.32 Å². The van der Waals surface area contributed by atoms with Gasteiger partial charge in [0.15, 0.2) is 0 Å². The molecule has 1 saturated heterocycles. The molecular formula is C16H23FN2O. The summed E-state index contributed by atoms with van der Waals surface area (Å²) >= 11 is 0. The Labute approximate surface area is 120 Å². The molecule has 2 unspecified atom stereocenters. The second-order valence-corrected chi connectivity index (χ2v) is 5.53. The van der Waals surface area contributed by atoms with Crippen LogP contribution in [0.25, 0.3) is 0 Å². The molecule has 3 nitrogen and oxygen atoms in total. The Kier molecular flexibility index (Phi) is 4.63. The number of hydrogen-bond donors (Lipinski definition) is 1. The van der Waals surface area contributed by atoms with Gasteiger partial charge in [0.2, 0.25) is 0 Å². The van der Waals surface area contributed by atoms with Crippen LogP contribution in [0.1, 0.15) is 50.4 Å². The lowest BCUT2D eigenvalue weighted by atomic mass is 9.96. The van der Waals surface area contributed by atoms with E-state index in [1.165, 1.54) is 6.07 Å². The maximum absolute atomic E-state index is 13.9. The molecular weight excluding hydrogens is 255 g/mol. The predicted octanol–water partition coefficient (Wildman–Crippen LogP) is 3.66. The summed E-state index contributed by atoms with van der Waals surface area (Å²) < 4.78 is 13.9. The Morgan fingerprint density at radius 1 is 1.35 bits per heavy atom. The van der Waals surface area contributed by atoms with E-state index in [9.17, 15) is 9.18 Å². The van der Waals surface area contributed by atoms with Gasteiger partial charge in [-0.1, -0.05) is 6.07 Å². The first-order valence-corrected chi connectivity index (χ1v) is 7.41. The zero-order valence-electron chi connectivity index (χ0n) is 12.4. The molecule has 110 valence electrons. The number of rotatable bonds is 3. The van der Waals surface area contributed by atoms with Crippen LogP contribution >= 0.6 is 0 Å². The molecule has 0 bridgehead atoms. The maximum Gasteiger partial charge on any atom is 0.256 e. The number of benzene rings is 1. The fourth-order valence-corrected chi connectivity index (χ4v) is 3.02. The van der Waals surface area contributed by atoms with Crippen LogP contribution in [-0.4, -0.2) is 29.4 Å². The van der Waals surface area contributed by atoms with Crippen molar-refractivity contribution in [2.45, 2.75) is 52.1 Å². The minimum absolute atomic E-state index is 0.0693. The molecule has 2 rings (SSSR count). The number of amides is 1. The number of hydrogen-bond acceptors (Lipinski definition) is 2. The van der Waals surface area contributed by atoms with Gasteiger partial charge in [0, 0.05) is 18.6 Å². The maximum atomic E-state index is 13.9. The van der Waals surface area contributed by atoms with Gasteiger partial charge >= 0.3 is 0 Å². The molecule has 1 heterocycles. The van der Waals surface area contributed by atoms with Crippen molar-refractivity contribution in [1.29, 1.82) is 0 Å². The lowest BCUT2D eigenvalue weighted by molar-refractivity contribution is 0.0511. The molecule has 0 aromatic heterocycles. The zero-order valence-corrected chi connectivity index (χ0v) is 12.4. The second-order valence-electron chi connectivity index (χ2n) is 5.53. The molecule has 1 fully saturated rings. The minimum atomic E-state index is -0.366. The van der Waals surface area contributed by atoms with E-state index in [0.717, 1.165) is 19.3 Å². The van der Waals surface area contributed by atoms with Crippen LogP contribution in [0, 0.1) is 5.82 Å². The van der Waals surface area contributed by atoms with E-state index in [1.54, 1.807) is 12.1 Å². The van der Waals surface area contributed by atoms with Crippen molar-refractivity contribution in [3.05, 3.63) is 29.6 Å². The van der Waals surface area contributed by atoms with Gasteiger partial charge in [0.25, 0.3) is 5.91 Å². The van der Waals surface area contributed by atoms with Gasteiger partial charge in [-0.3, -0.25) is 4.79 Å². The largest absolute Gasteiger partial charge is 0.382 e. The Bertz CT molecular complexity index is 479. The predicted molar refractivity (Wildman–Crippen MR) is 79.5 cm³/mol. The molecule has 20 heavy (non-hydrogen) atoms. The number of para-hydroxylation sites is 1. The highest BCUT2D eigenvalue weighted by molar-refractivity contribution is 6.00. The van der Waals surface area contributed by atoms with Crippen molar-refractivity contribution in [3.63, 3.8) is 0 Å². The van der Waals surface area contributed by atoms with E-state index >= 15 is 0 Å². The van der Waals surface area contributed by atoms with Crippen molar-refractivity contribution >= 4 is 11.6 Å². The SMILES string of the molecule is CCNc1c(F)cccc1C(=O)N1C(C)CCCC1C. The Morgan fingerprint density at radius 2 is 2.00 bits per heavy atom. The molecule has 0 spiro atoms. The van der Waals surface area contributed by atoms with Crippen molar-refractivity contribution in [1.82, 2.24) is 4.90 Å². The number of nitrogens with one attached hydrogen (secondary N) is 1. The van der Waals surface area contributed by atoms with Gasteiger partial charge in [-0.25, -0.2) is 4.39 Å². The van der Waals surface area contributed by atoms with Gasteiger partial charge in [-0.05, 0) is 52.2 Å². The Morgan fingerprint density at radius 3 is 2.60 bits per heavy atom. The average molecular weight is 278 g/mol. The molecule has 1 aromatic rings. The Balaban J connectivity index is 2.35. The van der Waals surface area contributed by atoms with E-state index in [0.29, 0.717) is 17.8 Å². The average Bonchev–Trinajstić information content (AvgIpc) is 2.41. The molecule has 4 heteroatoms. The quantitative estimate of drug-likeness (QED) is 0.915. The highest BCUT2D eigenvalue weighted by Crippen LogP contribution is 2.28. The fourth-order valence-electron chi connectivity index (χ4n) is 3.02. The van der Waals surface area contributed by atoms with Gasteiger partial charge < -0.3 is 10.2 Å². The molecule has 1 aromatic carbocycles. The number of nitrogens with zero attached hydrogens (tertiary/aromatic N) is 1. The first-order chi connectivity index (χ1) is 9.56. The number of likely N-dealkylation sites (tertiary alicyclic amines) is 1. The summed E-state index contributed by atoms with van der Waals surface area (Å²) in [5.41, 5.74) is 0.762. The fraction of sp³-hybridized carbons (Fsp3) is 0.562. The number of halogens is 1. The molecule has 2 atom stereocenters. The highest BCUT2D eigenvalue weighted by Gasteiger charge is 2.31. The van der Waals surface area contributed by atoms with Gasteiger partial charge in [0.05, 0.1) is 11.3 Å². The minimum Gasteiger partial charge on any atom is -0.382 e. The lowest BCUT2D eigenvalue weighted by Gasteiger charge is -2.39.